The fourth-order valence-corrected chi connectivity index (χ4v) is 2.18. The molecule has 0 atom stereocenters. The molecule has 2 rings (SSSR count). The molecule has 0 fully saturated rings. The van der Waals surface area contributed by atoms with Crippen LogP contribution < -0.4 is 15.8 Å². The van der Waals surface area contributed by atoms with Gasteiger partial charge < -0.3 is 20.6 Å². The Balaban J connectivity index is 1.83. The van der Waals surface area contributed by atoms with Crippen LogP contribution >= 0.6 is 0 Å². The highest BCUT2D eigenvalue weighted by molar-refractivity contribution is 5.97. The molecular formula is C21H27N3O3. The summed E-state index contributed by atoms with van der Waals surface area (Å²) < 4.78 is 5.73. The summed E-state index contributed by atoms with van der Waals surface area (Å²) in [5.74, 6) is 0.702. The van der Waals surface area contributed by atoms with E-state index in [4.69, 9.17) is 15.3 Å². The lowest BCUT2D eigenvalue weighted by molar-refractivity contribution is -0.127. The Morgan fingerprint density at radius 3 is 2.41 bits per heavy atom. The van der Waals surface area contributed by atoms with Crippen molar-refractivity contribution in [2.24, 2.45) is 10.9 Å². The second-order valence-electron chi connectivity index (χ2n) is 6.83. The van der Waals surface area contributed by atoms with E-state index in [2.05, 4.69) is 10.5 Å². The Kier molecular flexibility index (Phi) is 7.23. The zero-order chi connectivity index (χ0) is 19.7. The molecule has 0 saturated carbocycles. The maximum Gasteiger partial charge on any atom is 0.261 e. The number of oxime groups is 1. The van der Waals surface area contributed by atoms with Gasteiger partial charge in [0.1, 0.15) is 12.4 Å². The fourth-order valence-electron chi connectivity index (χ4n) is 2.18. The molecule has 3 N–H and O–H groups in total. The van der Waals surface area contributed by atoms with Crippen LogP contribution in [-0.2, 0) is 16.2 Å². The number of carbonyl (C=O) groups excluding carboxylic acids is 1. The van der Waals surface area contributed by atoms with Gasteiger partial charge in [-0.05, 0) is 50.1 Å². The Labute approximate surface area is 160 Å². The maximum absolute atomic E-state index is 11.8. The monoisotopic (exact) mass is 369 g/mol. The number of benzene rings is 2. The molecular weight excluding hydrogens is 342 g/mol. The minimum atomic E-state index is -0.273. The molecule has 6 heteroatoms. The molecule has 0 aromatic heterocycles. The first-order chi connectivity index (χ1) is 12.9. The quantitative estimate of drug-likeness (QED) is 0.404. The molecule has 2 aromatic rings. The summed E-state index contributed by atoms with van der Waals surface area (Å²) in [6.07, 6.45) is 0.822. The van der Waals surface area contributed by atoms with Crippen molar-refractivity contribution in [2.45, 2.75) is 39.3 Å². The van der Waals surface area contributed by atoms with Crippen molar-refractivity contribution in [3.8, 4) is 5.75 Å². The highest BCUT2D eigenvalue weighted by Crippen LogP contribution is 2.14. The summed E-state index contributed by atoms with van der Waals surface area (Å²) in [4.78, 5) is 16.9. The lowest BCUT2D eigenvalue weighted by atomic mass is 10.0. The molecule has 0 aliphatic carbocycles. The van der Waals surface area contributed by atoms with Crippen molar-refractivity contribution in [1.82, 2.24) is 5.32 Å². The van der Waals surface area contributed by atoms with Crippen molar-refractivity contribution in [1.29, 1.82) is 0 Å². The van der Waals surface area contributed by atoms with E-state index in [1.165, 1.54) is 0 Å². The van der Waals surface area contributed by atoms with E-state index in [-0.39, 0.29) is 23.9 Å². The molecule has 0 aliphatic rings. The third-order valence-electron chi connectivity index (χ3n) is 4.12. The molecule has 0 spiro atoms. The first kappa shape index (κ1) is 20.3. The standard InChI is InChI=1S/C21H27N3O3/c1-4-21(2,3)23-19(25)15-27-24-20(22)17-10-12-18(13-11-17)26-14-16-8-6-5-7-9-16/h5-13H,4,14-15H2,1-3H3,(H2,22,24)(H,23,25). The van der Waals surface area contributed by atoms with E-state index in [1.54, 1.807) is 12.1 Å². The normalized spacial score (nSPS) is 11.7. The predicted octanol–water partition coefficient (Wildman–Crippen LogP) is 3.21. The van der Waals surface area contributed by atoms with Gasteiger partial charge in [0.15, 0.2) is 12.4 Å². The van der Waals surface area contributed by atoms with Crippen LogP contribution in [0.25, 0.3) is 0 Å². The van der Waals surface area contributed by atoms with Crippen molar-refractivity contribution in [3.05, 3.63) is 65.7 Å². The number of nitrogens with zero attached hydrogens (tertiary/aromatic N) is 1. The SMILES string of the molecule is CCC(C)(C)NC(=O)CO/N=C(\N)c1ccc(OCc2ccccc2)cc1. The van der Waals surface area contributed by atoms with Crippen LogP contribution in [0.1, 0.15) is 38.3 Å². The first-order valence-electron chi connectivity index (χ1n) is 8.93. The van der Waals surface area contributed by atoms with E-state index in [0.717, 1.165) is 17.7 Å². The van der Waals surface area contributed by atoms with Gasteiger partial charge in [0.2, 0.25) is 0 Å². The van der Waals surface area contributed by atoms with Gasteiger partial charge in [-0.25, -0.2) is 0 Å². The van der Waals surface area contributed by atoms with Gasteiger partial charge in [0.25, 0.3) is 5.91 Å². The summed E-state index contributed by atoms with van der Waals surface area (Å²) in [6, 6.07) is 17.2. The molecule has 0 saturated heterocycles. The van der Waals surface area contributed by atoms with Crippen LogP contribution in [0, 0.1) is 0 Å². The second-order valence-corrected chi connectivity index (χ2v) is 6.83. The molecule has 0 radical (unpaired) electrons. The third-order valence-corrected chi connectivity index (χ3v) is 4.12. The van der Waals surface area contributed by atoms with Crippen molar-refractivity contribution < 1.29 is 14.4 Å². The Hall–Kier alpha value is -3.02. The van der Waals surface area contributed by atoms with Crippen LogP contribution in [0.3, 0.4) is 0 Å². The Morgan fingerprint density at radius 1 is 1.11 bits per heavy atom. The summed E-state index contributed by atoms with van der Waals surface area (Å²) >= 11 is 0. The van der Waals surface area contributed by atoms with E-state index in [9.17, 15) is 4.79 Å². The van der Waals surface area contributed by atoms with Gasteiger partial charge >= 0.3 is 0 Å². The number of nitrogens with two attached hydrogens (primary N) is 1. The number of hydrogen-bond acceptors (Lipinski definition) is 4. The average molecular weight is 369 g/mol. The largest absolute Gasteiger partial charge is 0.489 e. The minimum absolute atomic E-state index is 0.178. The maximum atomic E-state index is 11.8. The Morgan fingerprint density at radius 2 is 1.78 bits per heavy atom. The van der Waals surface area contributed by atoms with Gasteiger partial charge in [0, 0.05) is 11.1 Å². The summed E-state index contributed by atoms with van der Waals surface area (Å²) in [6.45, 7) is 6.22. The van der Waals surface area contributed by atoms with E-state index in [1.807, 2.05) is 63.2 Å². The van der Waals surface area contributed by atoms with Crippen LogP contribution in [0.5, 0.6) is 5.75 Å². The second kappa shape index (κ2) is 9.62. The molecule has 1 amide bonds. The summed E-state index contributed by atoms with van der Waals surface area (Å²) in [5, 5.41) is 6.67. The van der Waals surface area contributed by atoms with Crippen LogP contribution in [0.2, 0.25) is 0 Å². The van der Waals surface area contributed by atoms with Gasteiger partial charge in [0.05, 0.1) is 0 Å². The van der Waals surface area contributed by atoms with Crippen LogP contribution in [0.4, 0.5) is 0 Å². The zero-order valence-corrected chi connectivity index (χ0v) is 16.1. The highest BCUT2D eigenvalue weighted by Gasteiger charge is 2.17. The zero-order valence-electron chi connectivity index (χ0n) is 16.1. The lowest BCUT2D eigenvalue weighted by Gasteiger charge is -2.23. The molecule has 144 valence electrons. The van der Waals surface area contributed by atoms with Crippen molar-refractivity contribution in [3.63, 3.8) is 0 Å². The molecule has 0 heterocycles. The van der Waals surface area contributed by atoms with Crippen molar-refractivity contribution >= 4 is 11.7 Å². The molecule has 0 unspecified atom stereocenters. The van der Waals surface area contributed by atoms with E-state index >= 15 is 0 Å². The van der Waals surface area contributed by atoms with E-state index in [0.29, 0.717) is 12.2 Å². The average Bonchev–Trinajstić information content (AvgIpc) is 2.67. The fraction of sp³-hybridized carbons (Fsp3) is 0.333. The first-order valence-corrected chi connectivity index (χ1v) is 8.93. The number of ether oxygens (including phenoxy) is 1. The predicted molar refractivity (Wildman–Crippen MR) is 106 cm³/mol. The van der Waals surface area contributed by atoms with Crippen molar-refractivity contribution in [2.75, 3.05) is 6.61 Å². The van der Waals surface area contributed by atoms with E-state index < -0.39 is 0 Å². The molecule has 0 bridgehead atoms. The third kappa shape index (κ3) is 7.01. The molecule has 0 aliphatic heterocycles. The number of amidine groups is 1. The topological polar surface area (TPSA) is 85.9 Å². The highest BCUT2D eigenvalue weighted by atomic mass is 16.6. The minimum Gasteiger partial charge on any atom is -0.489 e. The Bertz CT molecular complexity index is 756. The smallest absolute Gasteiger partial charge is 0.261 e. The van der Waals surface area contributed by atoms with Crippen LogP contribution in [0.15, 0.2) is 59.8 Å². The number of amides is 1. The van der Waals surface area contributed by atoms with Gasteiger partial charge in [-0.15, -0.1) is 0 Å². The van der Waals surface area contributed by atoms with Gasteiger partial charge in [-0.3, -0.25) is 4.79 Å². The number of rotatable bonds is 9. The summed E-state index contributed by atoms with van der Waals surface area (Å²) in [7, 11) is 0. The lowest BCUT2D eigenvalue weighted by Crippen LogP contribution is -2.44. The molecule has 6 nitrogen and oxygen atoms in total. The van der Waals surface area contributed by atoms with Gasteiger partial charge in [-0.2, -0.15) is 0 Å². The molecule has 2 aromatic carbocycles. The van der Waals surface area contributed by atoms with Gasteiger partial charge in [-0.1, -0.05) is 42.4 Å². The summed E-state index contributed by atoms with van der Waals surface area (Å²) in [5.41, 5.74) is 7.42. The van der Waals surface area contributed by atoms with Crippen LogP contribution in [-0.4, -0.2) is 23.9 Å². The number of nitrogens with one attached hydrogen (secondary N) is 1. The number of hydrogen-bond donors (Lipinski definition) is 2. The molecule has 27 heavy (non-hydrogen) atoms. The number of carbonyl (C=O) groups is 1.